The lowest BCUT2D eigenvalue weighted by Crippen LogP contribution is -2.46. The van der Waals surface area contributed by atoms with Crippen molar-refractivity contribution in [3.63, 3.8) is 0 Å². The summed E-state index contributed by atoms with van der Waals surface area (Å²) in [7, 11) is 0. The first-order valence-electron chi connectivity index (χ1n) is 7.98. The summed E-state index contributed by atoms with van der Waals surface area (Å²) < 4.78 is 2.19. The minimum Gasteiger partial charge on any atom is -0.356 e. The van der Waals surface area contributed by atoms with Crippen LogP contribution in [-0.4, -0.2) is 52.5 Å². The van der Waals surface area contributed by atoms with Gasteiger partial charge in [0.25, 0.3) is 0 Å². The average molecular weight is 285 g/mol. The Morgan fingerprint density at radius 3 is 2.81 bits per heavy atom. The second kappa shape index (κ2) is 5.31. The molecule has 2 aromatic heterocycles. The molecule has 0 spiro atoms. The fraction of sp³-hybridized carbons (Fsp3) is 0.562. The van der Waals surface area contributed by atoms with Crippen LogP contribution in [0, 0.1) is 0 Å². The minimum atomic E-state index is 0.415. The Kier molecular flexibility index (Phi) is 3.31. The van der Waals surface area contributed by atoms with Crippen molar-refractivity contribution >= 4 is 11.5 Å². The number of hydrogen-bond acceptors (Lipinski definition) is 4. The Balaban J connectivity index is 1.50. The second-order valence-corrected chi connectivity index (χ2v) is 6.30. The third-order valence-electron chi connectivity index (χ3n) is 4.98. The van der Waals surface area contributed by atoms with Gasteiger partial charge in [0.2, 0.25) is 0 Å². The second-order valence-electron chi connectivity index (χ2n) is 6.30. The van der Waals surface area contributed by atoms with Crippen LogP contribution < -0.4 is 10.6 Å². The summed E-state index contributed by atoms with van der Waals surface area (Å²) in [6.07, 6.45) is 7.47. The zero-order valence-corrected chi connectivity index (χ0v) is 12.4. The molecule has 5 heteroatoms. The van der Waals surface area contributed by atoms with E-state index in [9.17, 15) is 0 Å². The van der Waals surface area contributed by atoms with Crippen LogP contribution in [0.25, 0.3) is 5.65 Å². The summed E-state index contributed by atoms with van der Waals surface area (Å²) in [6, 6.07) is 7.45. The highest BCUT2D eigenvalue weighted by molar-refractivity contribution is 5.52. The highest BCUT2D eigenvalue weighted by atomic mass is 15.3. The van der Waals surface area contributed by atoms with Crippen LogP contribution in [0.2, 0.25) is 0 Å². The van der Waals surface area contributed by atoms with Crippen molar-refractivity contribution in [2.45, 2.75) is 31.3 Å². The van der Waals surface area contributed by atoms with E-state index in [0.717, 1.165) is 44.7 Å². The summed E-state index contributed by atoms with van der Waals surface area (Å²) in [5.74, 6) is 1.27. The summed E-state index contributed by atoms with van der Waals surface area (Å²) in [5.41, 5.74) is 7.04. The zero-order chi connectivity index (χ0) is 14.2. The first-order valence-corrected chi connectivity index (χ1v) is 7.98. The maximum atomic E-state index is 6.02. The maximum Gasteiger partial charge on any atom is 0.138 e. The Morgan fingerprint density at radius 2 is 1.95 bits per heavy atom. The molecule has 0 bridgehead atoms. The largest absolute Gasteiger partial charge is 0.356 e. The number of fused-ring (bicyclic) bond motifs is 1. The lowest BCUT2D eigenvalue weighted by atomic mass is 10.0. The molecule has 0 aliphatic carbocycles. The summed E-state index contributed by atoms with van der Waals surface area (Å²) in [5, 5.41) is 0. The van der Waals surface area contributed by atoms with E-state index >= 15 is 0 Å². The van der Waals surface area contributed by atoms with E-state index < -0.39 is 0 Å². The number of hydrogen-bond donors (Lipinski definition) is 1. The van der Waals surface area contributed by atoms with Crippen molar-refractivity contribution in [2.24, 2.45) is 5.73 Å². The van der Waals surface area contributed by atoms with Crippen LogP contribution >= 0.6 is 0 Å². The molecule has 2 saturated heterocycles. The fourth-order valence-corrected chi connectivity index (χ4v) is 3.72. The van der Waals surface area contributed by atoms with Gasteiger partial charge in [0.15, 0.2) is 0 Å². The van der Waals surface area contributed by atoms with Crippen molar-refractivity contribution < 1.29 is 0 Å². The highest BCUT2D eigenvalue weighted by Crippen LogP contribution is 2.25. The topological polar surface area (TPSA) is 49.8 Å². The molecule has 1 atom stereocenters. The quantitative estimate of drug-likeness (QED) is 0.904. The molecule has 0 amide bonds. The van der Waals surface area contributed by atoms with Crippen LogP contribution in [0.4, 0.5) is 5.82 Å². The number of likely N-dealkylation sites (tertiary alicyclic amines) is 1. The van der Waals surface area contributed by atoms with Crippen molar-refractivity contribution in [3.05, 3.63) is 30.6 Å². The van der Waals surface area contributed by atoms with Gasteiger partial charge in [-0.3, -0.25) is 9.30 Å². The van der Waals surface area contributed by atoms with Crippen LogP contribution in [0.15, 0.2) is 30.6 Å². The third kappa shape index (κ3) is 2.40. The molecule has 2 aliphatic rings. The van der Waals surface area contributed by atoms with Gasteiger partial charge in [-0.25, -0.2) is 4.98 Å². The standard InChI is InChI=1S/C16H23N5/c17-13-4-8-19(9-5-13)14-6-10-20(12-14)16-3-1-2-15-18-7-11-21(15)16/h1-3,7,11,13-14H,4-6,8-10,12,17H2. The molecule has 5 nitrogen and oxygen atoms in total. The molecule has 1 unspecified atom stereocenters. The molecule has 2 aromatic rings. The number of rotatable bonds is 2. The zero-order valence-electron chi connectivity index (χ0n) is 12.4. The van der Waals surface area contributed by atoms with Gasteiger partial charge in [0.1, 0.15) is 11.5 Å². The lowest BCUT2D eigenvalue weighted by Gasteiger charge is -2.34. The summed E-state index contributed by atoms with van der Waals surface area (Å²) in [6.45, 7) is 4.57. The Bertz CT molecular complexity index is 614. The Morgan fingerprint density at radius 1 is 1.10 bits per heavy atom. The molecule has 2 N–H and O–H groups in total. The molecule has 0 aromatic carbocycles. The van der Waals surface area contributed by atoms with E-state index in [1.807, 2.05) is 6.20 Å². The SMILES string of the molecule is NC1CCN(C2CCN(c3cccc4nccn34)C2)CC1. The first-order chi connectivity index (χ1) is 10.3. The number of nitrogens with zero attached hydrogens (tertiary/aromatic N) is 4. The van der Waals surface area contributed by atoms with E-state index in [1.54, 1.807) is 0 Å². The lowest BCUT2D eigenvalue weighted by molar-refractivity contribution is 0.163. The Labute approximate surface area is 125 Å². The van der Waals surface area contributed by atoms with Crippen molar-refractivity contribution in [1.29, 1.82) is 0 Å². The number of aromatic nitrogens is 2. The maximum absolute atomic E-state index is 6.02. The molecular weight excluding hydrogens is 262 g/mol. The van der Waals surface area contributed by atoms with E-state index in [2.05, 4.69) is 43.6 Å². The number of piperidine rings is 1. The number of imidazole rings is 1. The van der Waals surface area contributed by atoms with Crippen LogP contribution in [0.5, 0.6) is 0 Å². The van der Waals surface area contributed by atoms with Gasteiger partial charge in [-0.05, 0) is 44.5 Å². The average Bonchev–Trinajstić information content (AvgIpc) is 3.16. The van der Waals surface area contributed by atoms with Crippen LogP contribution in [0.1, 0.15) is 19.3 Å². The van der Waals surface area contributed by atoms with Gasteiger partial charge in [0.05, 0.1) is 0 Å². The normalized spacial score (nSPS) is 25.0. The molecule has 0 radical (unpaired) electrons. The summed E-state index contributed by atoms with van der Waals surface area (Å²) in [4.78, 5) is 9.51. The highest BCUT2D eigenvalue weighted by Gasteiger charge is 2.30. The van der Waals surface area contributed by atoms with Crippen molar-refractivity contribution in [2.75, 3.05) is 31.1 Å². The van der Waals surface area contributed by atoms with E-state index in [-0.39, 0.29) is 0 Å². The molecule has 4 rings (SSSR count). The molecule has 0 saturated carbocycles. The number of anilines is 1. The Hall–Kier alpha value is -1.59. The number of nitrogens with two attached hydrogens (primary N) is 1. The molecule has 2 fully saturated rings. The van der Waals surface area contributed by atoms with E-state index in [0.29, 0.717) is 12.1 Å². The number of pyridine rings is 1. The minimum absolute atomic E-state index is 0.415. The fourth-order valence-electron chi connectivity index (χ4n) is 3.72. The van der Waals surface area contributed by atoms with E-state index in [4.69, 9.17) is 5.73 Å². The summed E-state index contributed by atoms with van der Waals surface area (Å²) >= 11 is 0. The first kappa shape index (κ1) is 13.1. The van der Waals surface area contributed by atoms with Gasteiger partial charge in [-0.15, -0.1) is 0 Å². The van der Waals surface area contributed by atoms with E-state index in [1.165, 1.54) is 12.2 Å². The molecule has 4 heterocycles. The van der Waals surface area contributed by atoms with Gasteiger partial charge >= 0.3 is 0 Å². The van der Waals surface area contributed by atoms with Gasteiger partial charge in [-0.1, -0.05) is 6.07 Å². The molecular formula is C16H23N5. The van der Waals surface area contributed by atoms with Gasteiger partial charge < -0.3 is 10.6 Å². The predicted molar refractivity (Wildman–Crippen MR) is 84.6 cm³/mol. The van der Waals surface area contributed by atoms with Crippen LogP contribution in [-0.2, 0) is 0 Å². The van der Waals surface area contributed by atoms with Crippen LogP contribution in [0.3, 0.4) is 0 Å². The van der Waals surface area contributed by atoms with Crippen molar-refractivity contribution in [1.82, 2.24) is 14.3 Å². The third-order valence-corrected chi connectivity index (χ3v) is 4.98. The smallest absolute Gasteiger partial charge is 0.138 e. The van der Waals surface area contributed by atoms with Crippen molar-refractivity contribution in [3.8, 4) is 0 Å². The monoisotopic (exact) mass is 285 g/mol. The van der Waals surface area contributed by atoms with Gasteiger partial charge in [-0.2, -0.15) is 0 Å². The van der Waals surface area contributed by atoms with Gasteiger partial charge in [0, 0.05) is 37.6 Å². The predicted octanol–water partition coefficient (Wildman–Crippen LogP) is 1.34. The molecule has 21 heavy (non-hydrogen) atoms. The molecule has 112 valence electrons. The molecule has 2 aliphatic heterocycles.